The van der Waals surface area contributed by atoms with Crippen molar-refractivity contribution in [3.63, 3.8) is 0 Å². The number of aliphatic hydroxyl groups is 1. The summed E-state index contributed by atoms with van der Waals surface area (Å²) < 4.78 is 0. The largest absolute Gasteiger partial charge is 0.388 e. The lowest BCUT2D eigenvalue weighted by molar-refractivity contribution is 0.0876. The zero-order valence-electron chi connectivity index (χ0n) is 9.89. The molecule has 0 bridgehead atoms. The lowest BCUT2D eigenvalue weighted by atomic mass is 9.93. The standard InChI is InChI=1S/C13H19NOS/c1-14(2)9-10-7-8-16-12-6-4-3-5-11(12)13(10)15/h3-6,10,13,15H,7-9H2,1-2H3. The van der Waals surface area contributed by atoms with Gasteiger partial charge in [-0.3, -0.25) is 0 Å². The van der Waals surface area contributed by atoms with E-state index in [9.17, 15) is 5.11 Å². The highest BCUT2D eigenvalue weighted by atomic mass is 32.2. The third kappa shape index (κ3) is 2.59. The van der Waals surface area contributed by atoms with Crippen LogP contribution in [0, 0.1) is 5.92 Å². The molecule has 2 nitrogen and oxygen atoms in total. The number of hydrogen-bond acceptors (Lipinski definition) is 3. The Balaban J connectivity index is 2.22. The Bertz CT molecular complexity index is 354. The van der Waals surface area contributed by atoms with Crippen molar-refractivity contribution >= 4 is 11.8 Å². The number of fused-ring (bicyclic) bond motifs is 1. The molecule has 0 spiro atoms. The number of hydrogen-bond donors (Lipinski definition) is 1. The molecular formula is C13H19NOS. The van der Waals surface area contributed by atoms with Gasteiger partial charge in [0.25, 0.3) is 0 Å². The first-order valence-electron chi connectivity index (χ1n) is 5.73. The van der Waals surface area contributed by atoms with Crippen LogP contribution in [0.4, 0.5) is 0 Å². The molecule has 0 fully saturated rings. The Hall–Kier alpha value is -0.510. The van der Waals surface area contributed by atoms with Gasteiger partial charge in [-0.1, -0.05) is 18.2 Å². The van der Waals surface area contributed by atoms with E-state index in [2.05, 4.69) is 31.1 Å². The molecule has 0 radical (unpaired) electrons. The summed E-state index contributed by atoms with van der Waals surface area (Å²) in [6.07, 6.45) is 0.771. The molecule has 0 aliphatic carbocycles. The molecular weight excluding hydrogens is 218 g/mol. The molecule has 2 unspecified atom stereocenters. The third-order valence-electron chi connectivity index (χ3n) is 3.03. The minimum absolute atomic E-state index is 0.311. The van der Waals surface area contributed by atoms with E-state index in [1.165, 1.54) is 4.90 Å². The van der Waals surface area contributed by atoms with Gasteiger partial charge in [0.15, 0.2) is 0 Å². The molecule has 3 heteroatoms. The highest BCUT2D eigenvalue weighted by molar-refractivity contribution is 7.99. The smallest absolute Gasteiger partial charge is 0.0841 e. The van der Waals surface area contributed by atoms with Crippen molar-refractivity contribution in [2.75, 3.05) is 26.4 Å². The zero-order chi connectivity index (χ0) is 11.5. The van der Waals surface area contributed by atoms with Gasteiger partial charge in [-0.05, 0) is 37.9 Å². The maximum atomic E-state index is 10.4. The summed E-state index contributed by atoms with van der Waals surface area (Å²) in [5.74, 6) is 1.46. The molecule has 88 valence electrons. The second-order valence-electron chi connectivity index (χ2n) is 4.64. The van der Waals surface area contributed by atoms with Crippen molar-refractivity contribution in [3.05, 3.63) is 29.8 Å². The molecule has 0 saturated heterocycles. The van der Waals surface area contributed by atoms with Crippen molar-refractivity contribution in [1.29, 1.82) is 0 Å². The van der Waals surface area contributed by atoms with Gasteiger partial charge in [-0.2, -0.15) is 0 Å². The molecule has 0 saturated carbocycles. The van der Waals surface area contributed by atoms with Crippen molar-refractivity contribution in [3.8, 4) is 0 Å². The minimum atomic E-state index is -0.311. The monoisotopic (exact) mass is 237 g/mol. The summed E-state index contributed by atoms with van der Waals surface area (Å²) in [5, 5.41) is 10.4. The summed E-state index contributed by atoms with van der Waals surface area (Å²) in [6, 6.07) is 8.23. The summed E-state index contributed by atoms with van der Waals surface area (Å²) in [5.41, 5.74) is 1.11. The fourth-order valence-corrected chi connectivity index (χ4v) is 3.42. The van der Waals surface area contributed by atoms with Crippen LogP contribution in [0.25, 0.3) is 0 Å². The zero-order valence-corrected chi connectivity index (χ0v) is 10.7. The van der Waals surface area contributed by atoms with Crippen molar-refractivity contribution in [1.82, 2.24) is 4.90 Å². The molecule has 2 atom stereocenters. The summed E-state index contributed by atoms with van der Waals surface area (Å²) in [7, 11) is 4.13. The van der Waals surface area contributed by atoms with Crippen LogP contribution in [-0.4, -0.2) is 36.4 Å². The van der Waals surface area contributed by atoms with Crippen LogP contribution < -0.4 is 0 Å². The van der Waals surface area contributed by atoms with E-state index in [0.29, 0.717) is 5.92 Å². The van der Waals surface area contributed by atoms with E-state index in [-0.39, 0.29) is 6.10 Å². The molecule has 1 aliphatic heterocycles. The van der Waals surface area contributed by atoms with Crippen LogP contribution in [0.1, 0.15) is 18.1 Å². The molecule has 0 aromatic heterocycles. The predicted molar refractivity (Wildman–Crippen MR) is 68.8 cm³/mol. The molecule has 16 heavy (non-hydrogen) atoms. The Labute approximate surface area is 102 Å². The molecule has 2 rings (SSSR count). The Morgan fingerprint density at radius 2 is 2.12 bits per heavy atom. The van der Waals surface area contributed by atoms with E-state index in [1.54, 1.807) is 0 Å². The van der Waals surface area contributed by atoms with E-state index in [1.807, 2.05) is 23.9 Å². The van der Waals surface area contributed by atoms with Crippen molar-refractivity contribution < 1.29 is 5.11 Å². The normalized spacial score (nSPS) is 25.2. The van der Waals surface area contributed by atoms with Crippen molar-refractivity contribution in [2.24, 2.45) is 5.92 Å². The first kappa shape index (κ1) is 12.0. The number of benzene rings is 1. The Morgan fingerprint density at radius 1 is 1.38 bits per heavy atom. The van der Waals surface area contributed by atoms with Gasteiger partial charge < -0.3 is 10.0 Å². The van der Waals surface area contributed by atoms with Crippen LogP contribution in [0.2, 0.25) is 0 Å². The van der Waals surface area contributed by atoms with Gasteiger partial charge in [-0.15, -0.1) is 11.8 Å². The lowest BCUT2D eigenvalue weighted by Crippen LogP contribution is -2.26. The topological polar surface area (TPSA) is 23.5 Å². The molecule has 1 N–H and O–H groups in total. The highest BCUT2D eigenvalue weighted by Crippen LogP contribution is 2.37. The van der Waals surface area contributed by atoms with Crippen LogP contribution in [-0.2, 0) is 0 Å². The van der Waals surface area contributed by atoms with Gasteiger partial charge in [0.2, 0.25) is 0 Å². The predicted octanol–water partition coefficient (Wildman–Crippen LogP) is 2.39. The Morgan fingerprint density at radius 3 is 2.88 bits per heavy atom. The van der Waals surface area contributed by atoms with Crippen LogP contribution in [0.15, 0.2) is 29.2 Å². The molecule has 1 aliphatic rings. The second kappa shape index (κ2) is 5.21. The molecule has 1 aromatic rings. The summed E-state index contributed by atoms with van der Waals surface area (Å²) in [4.78, 5) is 3.41. The van der Waals surface area contributed by atoms with Gasteiger partial charge >= 0.3 is 0 Å². The third-order valence-corrected chi connectivity index (χ3v) is 4.15. The van der Waals surface area contributed by atoms with E-state index >= 15 is 0 Å². The fourth-order valence-electron chi connectivity index (χ4n) is 2.25. The molecule has 1 aromatic carbocycles. The van der Waals surface area contributed by atoms with Gasteiger partial charge in [0, 0.05) is 17.4 Å². The van der Waals surface area contributed by atoms with Crippen LogP contribution >= 0.6 is 11.8 Å². The number of aliphatic hydroxyl groups excluding tert-OH is 1. The van der Waals surface area contributed by atoms with Crippen LogP contribution in [0.3, 0.4) is 0 Å². The van der Waals surface area contributed by atoms with E-state index in [4.69, 9.17) is 0 Å². The lowest BCUT2D eigenvalue weighted by Gasteiger charge is -2.24. The quantitative estimate of drug-likeness (QED) is 0.854. The van der Waals surface area contributed by atoms with Crippen LogP contribution in [0.5, 0.6) is 0 Å². The van der Waals surface area contributed by atoms with Gasteiger partial charge in [0.1, 0.15) is 0 Å². The average Bonchev–Trinajstić information content (AvgIpc) is 2.40. The van der Waals surface area contributed by atoms with Gasteiger partial charge in [0.05, 0.1) is 6.10 Å². The number of thioether (sulfide) groups is 1. The average molecular weight is 237 g/mol. The first-order valence-corrected chi connectivity index (χ1v) is 6.71. The van der Waals surface area contributed by atoms with Gasteiger partial charge in [-0.25, -0.2) is 0 Å². The molecule has 1 heterocycles. The minimum Gasteiger partial charge on any atom is -0.388 e. The maximum absolute atomic E-state index is 10.4. The SMILES string of the molecule is CN(C)CC1CCSc2ccccc2C1O. The number of nitrogens with zero attached hydrogens (tertiary/aromatic N) is 1. The Kier molecular flexibility index (Phi) is 3.90. The van der Waals surface area contributed by atoms with E-state index in [0.717, 1.165) is 24.3 Å². The van der Waals surface area contributed by atoms with Crippen molar-refractivity contribution in [2.45, 2.75) is 17.4 Å². The fraction of sp³-hybridized carbons (Fsp3) is 0.538. The summed E-state index contributed by atoms with van der Waals surface area (Å²) in [6.45, 7) is 0.954. The summed E-state index contributed by atoms with van der Waals surface area (Å²) >= 11 is 1.87. The first-order chi connectivity index (χ1) is 7.68. The molecule has 0 amide bonds. The van der Waals surface area contributed by atoms with E-state index < -0.39 is 0 Å². The maximum Gasteiger partial charge on any atom is 0.0841 e. The highest BCUT2D eigenvalue weighted by Gasteiger charge is 2.26. The number of rotatable bonds is 2. The second-order valence-corrected chi connectivity index (χ2v) is 5.78.